The number of ether oxygens (including phenoxy) is 1. The number of benzene rings is 2. The summed E-state index contributed by atoms with van der Waals surface area (Å²) in [6.45, 7) is 7.08. The lowest BCUT2D eigenvalue weighted by molar-refractivity contribution is 0.0910. The van der Waals surface area contributed by atoms with Crippen LogP contribution in [0.15, 0.2) is 54.6 Å². The molecule has 1 fully saturated rings. The summed E-state index contributed by atoms with van der Waals surface area (Å²) in [6.07, 6.45) is -0.261. The predicted octanol–water partition coefficient (Wildman–Crippen LogP) is 3.34. The smallest absolute Gasteiger partial charge is 0.405 e. The average molecular weight is 353 g/mol. The topological polar surface area (TPSA) is 58.8 Å². The SMILES string of the molecule is Cc1ccccc1N1CCN(CCC(OC(N)=O)c2ccccc2)CC1. The van der Waals surface area contributed by atoms with Gasteiger partial charge in [0, 0.05) is 44.8 Å². The van der Waals surface area contributed by atoms with Crippen LogP contribution in [0, 0.1) is 6.92 Å². The summed E-state index contributed by atoms with van der Waals surface area (Å²) in [5.41, 5.74) is 8.89. The van der Waals surface area contributed by atoms with Gasteiger partial charge >= 0.3 is 6.09 Å². The highest BCUT2D eigenvalue weighted by Gasteiger charge is 2.21. The number of primary amides is 1. The van der Waals surface area contributed by atoms with Gasteiger partial charge in [-0.25, -0.2) is 4.79 Å². The fourth-order valence-corrected chi connectivity index (χ4v) is 3.53. The molecule has 1 atom stereocenters. The average Bonchev–Trinajstić information content (AvgIpc) is 2.66. The Bertz CT molecular complexity index is 712. The van der Waals surface area contributed by atoms with Crippen LogP contribution in [0.2, 0.25) is 0 Å². The molecule has 0 aromatic heterocycles. The lowest BCUT2D eigenvalue weighted by Crippen LogP contribution is -2.47. The van der Waals surface area contributed by atoms with Crippen LogP contribution in [0.3, 0.4) is 0 Å². The number of hydrogen-bond donors (Lipinski definition) is 1. The number of piperazine rings is 1. The molecular weight excluding hydrogens is 326 g/mol. The monoisotopic (exact) mass is 353 g/mol. The third-order valence-corrected chi connectivity index (χ3v) is 4.97. The zero-order valence-electron chi connectivity index (χ0n) is 15.3. The maximum absolute atomic E-state index is 11.2. The van der Waals surface area contributed by atoms with Crippen molar-refractivity contribution < 1.29 is 9.53 Å². The zero-order valence-corrected chi connectivity index (χ0v) is 15.3. The van der Waals surface area contributed by atoms with Crippen LogP contribution in [0.4, 0.5) is 10.5 Å². The first kappa shape index (κ1) is 18.3. The number of para-hydroxylation sites is 1. The van der Waals surface area contributed by atoms with Gasteiger partial charge in [-0.05, 0) is 24.1 Å². The zero-order chi connectivity index (χ0) is 18.4. The van der Waals surface area contributed by atoms with Crippen LogP contribution < -0.4 is 10.6 Å². The van der Waals surface area contributed by atoms with Crippen LogP contribution >= 0.6 is 0 Å². The van der Waals surface area contributed by atoms with Crippen molar-refractivity contribution in [1.29, 1.82) is 0 Å². The molecule has 0 saturated carbocycles. The number of carbonyl (C=O) groups excluding carboxylic acids is 1. The quantitative estimate of drug-likeness (QED) is 0.865. The number of rotatable bonds is 6. The van der Waals surface area contributed by atoms with Crippen molar-refractivity contribution >= 4 is 11.8 Å². The van der Waals surface area contributed by atoms with Crippen LogP contribution in [-0.2, 0) is 4.74 Å². The summed E-state index contributed by atoms with van der Waals surface area (Å²) >= 11 is 0. The van der Waals surface area contributed by atoms with Gasteiger partial charge in [0.2, 0.25) is 0 Å². The van der Waals surface area contributed by atoms with Crippen molar-refractivity contribution in [2.75, 3.05) is 37.6 Å². The van der Waals surface area contributed by atoms with E-state index in [0.29, 0.717) is 0 Å². The first-order valence-corrected chi connectivity index (χ1v) is 9.17. The minimum Gasteiger partial charge on any atom is -0.441 e. The van der Waals surface area contributed by atoms with Crippen LogP contribution in [-0.4, -0.2) is 43.7 Å². The van der Waals surface area contributed by atoms with Crippen molar-refractivity contribution in [3.63, 3.8) is 0 Å². The number of nitrogens with two attached hydrogens (primary N) is 1. The predicted molar refractivity (Wildman–Crippen MR) is 104 cm³/mol. The summed E-state index contributed by atoms with van der Waals surface area (Å²) in [4.78, 5) is 16.1. The van der Waals surface area contributed by atoms with Crippen molar-refractivity contribution in [3.8, 4) is 0 Å². The minimum atomic E-state index is -0.719. The minimum absolute atomic E-state index is 0.289. The van der Waals surface area contributed by atoms with Gasteiger partial charge in [0.25, 0.3) is 0 Å². The van der Waals surface area contributed by atoms with Gasteiger partial charge in [-0.1, -0.05) is 48.5 Å². The van der Waals surface area contributed by atoms with Gasteiger partial charge < -0.3 is 15.4 Å². The third-order valence-electron chi connectivity index (χ3n) is 4.97. The Balaban J connectivity index is 1.53. The molecule has 0 spiro atoms. The molecule has 3 rings (SSSR count). The summed E-state index contributed by atoms with van der Waals surface area (Å²) in [7, 11) is 0. The molecule has 1 unspecified atom stereocenters. The van der Waals surface area contributed by atoms with Gasteiger partial charge in [-0.3, -0.25) is 4.90 Å². The summed E-state index contributed by atoms with van der Waals surface area (Å²) in [5.74, 6) is 0. The number of hydrogen-bond acceptors (Lipinski definition) is 4. The van der Waals surface area contributed by atoms with E-state index in [1.165, 1.54) is 11.3 Å². The number of aryl methyl sites for hydroxylation is 1. The highest BCUT2D eigenvalue weighted by Crippen LogP contribution is 2.23. The van der Waals surface area contributed by atoms with Crippen molar-refractivity contribution in [2.45, 2.75) is 19.4 Å². The largest absolute Gasteiger partial charge is 0.441 e. The molecule has 2 aromatic rings. The van der Waals surface area contributed by atoms with E-state index in [1.807, 2.05) is 30.3 Å². The number of anilines is 1. The summed E-state index contributed by atoms with van der Waals surface area (Å²) in [6, 6.07) is 18.3. The van der Waals surface area contributed by atoms with E-state index in [4.69, 9.17) is 10.5 Å². The second-order valence-electron chi connectivity index (χ2n) is 6.74. The van der Waals surface area contributed by atoms with E-state index in [-0.39, 0.29) is 6.10 Å². The van der Waals surface area contributed by atoms with Gasteiger partial charge in [0.1, 0.15) is 6.10 Å². The normalized spacial score (nSPS) is 16.3. The fourth-order valence-electron chi connectivity index (χ4n) is 3.53. The Morgan fingerprint density at radius 2 is 1.69 bits per heavy atom. The molecule has 1 saturated heterocycles. The maximum Gasteiger partial charge on any atom is 0.405 e. The molecular formula is C21H27N3O2. The lowest BCUT2D eigenvalue weighted by Gasteiger charge is -2.37. The second-order valence-corrected chi connectivity index (χ2v) is 6.74. The van der Waals surface area contributed by atoms with E-state index in [0.717, 1.165) is 44.7 Å². The van der Waals surface area contributed by atoms with Crippen LogP contribution in [0.25, 0.3) is 0 Å². The Morgan fingerprint density at radius 1 is 1.04 bits per heavy atom. The molecule has 5 heteroatoms. The van der Waals surface area contributed by atoms with E-state index in [9.17, 15) is 4.79 Å². The van der Waals surface area contributed by atoms with Crippen molar-refractivity contribution in [3.05, 3.63) is 65.7 Å². The van der Waals surface area contributed by atoms with E-state index in [1.54, 1.807) is 0 Å². The second kappa shape index (κ2) is 8.72. The summed E-state index contributed by atoms with van der Waals surface area (Å²) in [5, 5.41) is 0. The van der Waals surface area contributed by atoms with Gasteiger partial charge in [-0.15, -0.1) is 0 Å². The van der Waals surface area contributed by atoms with Crippen molar-refractivity contribution in [2.24, 2.45) is 5.73 Å². The van der Waals surface area contributed by atoms with Gasteiger partial charge in [-0.2, -0.15) is 0 Å². The van der Waals surface area contributed by atoms with Crippen LogP contribution in [0.5, 0.6) is 0 Å². The number of carbonyl (C=O) groups is 1. The van der Waals surface area contributed by atoms with E-state index < -0.39 is 6.09 Å². The van der Waals surface area contributed by atoms with Gasteiger partial charge in [0.15, 0.2) is 0 Å². The molecule has 138 valence electrons. The third kappa shape index (κ3) is 4.76. The molecule has 2 aromatic carbocycles. The van der Waals surface area contributed by atoms with Crippen molar-refractivity contribution in [1.82, 2.24) is 4.90 Å². The standard InChI is InChI=1S/C21H27N3O2/c1-17-7-5-6-10-19(17)24-15-13-23(14-16-24)12-11-20(26-21(22)25)18-8-3-2-4-9-18/h2-10,20H,11-16H2,1H3,(H2,22,25). The molecule has 1 aliphatic rings. The number of nitrogens with zero attached hydrogens (tertiary/aromatic N) is 2. The molecule has 1 amide bonds. The van der Waals surface area contributed by atoms with Gasteiger partial charge in [0.05, 0.1) is 0 Å². The first-order valence-electron chi connectivity index (χ1n) is 9.17. The molecule has 2 N–H and O–H groups in total. The van der Waals surface area contributed by atoms with E-state index >= 15 is 0 Å². The number of amides is 1. The Kier molecular flexibility index (Phi) is 6.12. The first-order chi connectivity index (χ1) is 12.6. The summed E-state index contributed by atoms with van der Waals surface area (Å²) < 4.78 is 5.34. The highest BCUT2D eigenvalue weighted by atomic mass is 16.6. The molecule has 0 bridgehead atoms. The Hall–Kier alpha value is -2.53. The van der Waals surface area contributed by atoms with E-state index in [2.05, 4.69) is 41.0 Å². The molecule has 1 heterocycles. The fraction of sp³-hybridized carbons (Fsp3) is 0.381. The highest BCUT2D eigenvalue weighted by molar-refractivity contribution is 5.65. The molecule has 5 nitrogen and oxygen atoms in total. The Morgan fingerprint density at radius 3 is 2.35 bits per heavy atom. The lowest BCUT2D eigenvalue weighted by atomic mass is 10.1. The molecule has 0 radical (unpaired) electrons. The molecule has 0 aliphatic carbocycles. The molecule has 26 heavy (non-hydrogen) atoms. The Labute approximate surface area is 155 Å². The molecule has 1 aliphatic heterocycles. The van der Waals surface area contributed by atoms with Crippen LogP contribution in [0.1, 0.15) is 23.7 Å². The maximum atomic E-state index is 11.2.